The van der Waals surface area contributed by atoms with Gasteiger partial charge in [-0.05, 0) is 42.7 Å². The SMILES string of the molecule is CCCNC(=O)C(Cc1ccccc1)N(Cc1ccc(C)cc1)C(=O)CN(c1cccc(Cl)c1)S(C)(=O)=O. The molecule has 0 aromatic heterocycles. The van der Waals surface area contributed by atoms with Crippen molar-refractivity contribution in [2.45, 2.75) is 39.3 Å². The zero-order valence-electron chi connectivity index (χ0n) is 21.9. The molecule has 7 nitrogen and oxygen atoms in total. The Morgan fingerprint density at radius 2 is 1.63 bits per heavy atom. The van der Waals surface area contributed by atoms with Gasteiger partial charge < -0.3 is 10.2 Å². The largest absolute Gasteiger partial charge is 0.354 e. The fraction of sp³-hybridized carbons (Fsp3) is 0.310. The van der Waals surface area contributed by atoms with Crippen LogP contribution in [0.1, 0.15) is 30.0 Å². The predicted octanol–water partition coefficient (Wildman–Crippen LogP) is 4.58. The van der Waals surface area contributed by atoms with Crippen LogP contribution in [0.4, 0.5) is 5.69 Å². The summed E-state index contributed by atoms with van der Waals surface area (Å²) in [6, 6.07) is 22.6. The highest BCUT2D eigenvalue weighted by Crippen LogP contribution is 2.23. The minimum atomic E-state index is -3.83. The number of nitrogens with one attached hydrogen (secondary N) is 1. The standard InChI is InChI=1S/C29H34ClN3O4S/c1-4-17-31-29(35)27(18-23-9-6-5-7-10-23)32(20-24-15-13-22(2)14-16-24)28(34)21-33(38(3,36)37)26-12-8-11-25(30)19-26/h5-16,19,27H,4,17-18,20-21H2,1-3H3,(H,31,35). The second kappa shape index (κ2) is 13.4. The van der Waals surface area contributed by atoms with Gasteiger partial charge in [-0.1, -0.05) is 84.8 Å². The Bertz CT molecular complexity index is 1330. The Balaban J connectivity index is 2.03. The zero-order valence-corrected chi connectivity index (χ0v) is 23.5. The molecule has 0 radical (unpaired) electrons. The zero-order chi connectivity index (χ0) is 27.7. The average molecular weight is 556 g/mol. The minimum absolute atomic E-state index is 0.142. The maximum absolute atomic E-state index is 13.9. The van der Waals surface area contributed by atoms with Crippen molar-refractivity contribution in [3.63, 3.8) is 0 Å². The van der Waals surface area contributed by atoms with Gasteiger partial charge in [-0.15, -0.1) is 0 Å². The Labute approximate surface area is 230 Å². The highest BCUT2D eigenvalue weighted by atomic mass is 35.5. The summed E-state index contributed by atoms with van der Waals surface area (Å²) in [6.07, 6.45) is 2.07. The van der Waals surface area contributed by atoms with E-state index in [1.807, 2.05) is 68.4 Å². The summed E-state index contributed by atoms with van der Waals surface area (Å²) in [7, 11) is -3.83. The van der Waals surface area contributed by atoms with Crippen LogP contribution in [-0.2, 0) is 32.6 Å². The van der Waals surface area contributed by atoms with Crippen molar-refractivity contribution in [2.24, 2.45) is 0 Å². The average Bonchev–Trinajstić information content (AvgIpc) is 2.88. The lowest BCUT2D eigenvalue weighted by Crippen LogP contribution is -2.53. The fourth-order valence-electron chi connectivity index (χ4n) is 4.06. The van der Waals surface area contributed by atoms with Crippen molar-refractivity contribution < 1.29 is 18.0 Å². The normalized spacial score (nSPS) is 12.0. The Morgan fingerprint density at radius 1 is 0.947 bits per heavy atom. The van der Waals surface area contributed by atoms with Gasteiger partial charge in [-0.25, -0.2) is 8.42 Å². The van der Waals surface area contributed by atoms with E-state index in [1.165, 1.54) is 11.0 Å². The number of amides is 2. The summed E-state index contributed by atoms with van der Waals surface area (Å²) in [5.74, 6) is -0.784. The summed E-state index contributed by atoms with van der Waals surface area (Å²) >= 11 is 6.12. The molecule has 0 fully saturated rings. The van der Waals surface area contributed by atoms with Crippen LogP contribution in [0.2, 0.25) is 5.02 Å². The lowest BCUT2D eigenvalue weighted by molar-refractivity contribution is -0.140. The number of sulfonamides is 1. The second-order valence-corrected chi connectivity index (χ2v) is 11.6. The van der Waals surface area contributed by atoms with Gasteiger partial charge in [-0.3, -0.25) is 13.9 Å². The van der Waals surface area contributed by atoms with Gasteiger partial charge in [0.25, 0.3) is 0 Å². The van der Waals surface area contributed by atoms with Gasteiger partial charge in [0.15, 0.2) is 0 Å². The molecule has 3 rings (SSSR count). The number of anilines is 1. The van der Waals surface area contributed by atoms with E-state index in [-0.39, 0.29) is 24.6 Å². The molecule has 0 saturated heterocycles. The van der Waals surface area contributed by atoms with Crippen molar-refractivity contribution in [3.8, 4) is 0 Å². The Hall–Kier alpha value is -3.36. The molecule has 0 aliphatic carbocycles. The quantitative estimate of drug-likeness (QED) is 0.354. The molecule has 202 valence electrons. The lowest BCUT2D eigenvalue weighted by atomic mass is 10.0. The molecular formula is C29H34ClN3O4S. The molecule has 0 spiro atoms. The summed E-state index contributed by atoms with van der Waals surface area (Å²) in [4.78, 5) is 28.9. The molecule has 0 bridgehead atoms. The van der Waals surface area contributed by atoms with Crippen LogP contribution in [0.15, 0.2) is 78.9 Å². The highest BCUT2D eigenvalue weighted by molar-refractivity contribution is 7.92. The number of carbonyl (C=O) groups excluding carboxylic acids is 2. The molecule has 38 heavy (non-hydrogen) atoms. The maximum atomic E-state index is 13.9. The topological polar surface area (TPSA) is 86.8 Å². The number of nitrogens with zero attached hydrogens (tertiary/aromatic N) is 2. The first kappa shape index (κ1) is 29.2. The predicted molar refractivity (Wildman–Crippen MR) is 153 cm³/mol. The van der Waals surface area contributed by atoms with Gasteiger partial charge in [-0.2, -0.15) is 0 Å². The van der Waals surface area contributed by atoms with E-state index in [4.69, 9.17) is 11.6 Å². The van der Waals surface area contributed by atoms with Crippen LogP contribution in [0.5, 0.6) is 0 Å². The van der Waals surface area contributed by atoms with E-state index in [0.717, 1.165) is 33.7 Å². The molecule has 1 atom stereocenters. The molecule has 0 saturated carbocycles. The van der Waals surface area contributed by atoms with Crippen LogP contribution >= 0.6 is 11.6 Å². The highest BCUT2D eigenvalue weighted by Gasteiger charge is 2.33. The molecule has 1 N–H and O–H groups in total. The number of rotatable bonds is 12. The Morgan fingerprint density at radius 3 is 2.24 bits per heavy atom. The van der Waals surface area contributed by atoms with E-state index in [1.54, 1.807) is 18.2 Å². The van der Waals surface area contributed by atoms with Gasteiger partial charge in [0, 0.05) is 24.5 Å². The van der Waals surface area contributed by atoms with Crippen LogP contribution in [0.25, 0.3) is 0 Å². The molecular weight excluding hydrogens is 522 g/mol. The summed E-state index contributed by atoms with van der Waals surface area (Å²) in [5, 5.41) is 3.27. The first-order valence-corrected chi connectivity index (χ1v) is 14.7. The van der Waals surface area contributed by atoms with Gasteiger partial charge in [0.2, 0.25) is 21.8 Å². The van der Waals surface area contributed by atoms with Gasteiger partial charge in [0.05, 0.1) is 11.9 Å². The third-order valence-corrected chi connectivity index (χ3v) is 7.44. The number of benzene rings is 3. The maximum Gasteiger partial charge on any atom is 0.244 e. The van der Waals surface area contributed by atoms with Crippen molar-refractivity contribution in [3.05, 3.63) is 101 Å². The van der Waals surface area contributed by atoms with Crippen molar-refractivity contribution in [2.75, 3.05) is 23.7 Å². The molecule has 0 aliphatic rings. The van der Waals surface area contributed by atoms with Gasteiger partial charge in [0.1, 0.15) is 12.6 Å². The lowest BCUT2D eigenvalue weighted by Gasteiger charge is -2.33. The van der Waals surface area contributed by atoms with Crippen molar-refractivity contribution >= 4 is 39.1 Å². The van der Waals surface area contributed by atoms with Crippen LogP contribution in [0.3, 0.4) is 0 Å². The summed E-state index contributed by atoms with van der Waals surface area (Å²) in [6.45, 7) is 4.06. The van der Waals surface area contributed by atoms with E-state index >= 15 is 0 Å². The molecule has 3 aromatic rings. The number of aryl methyl sites for hydroxylation is 1. The third kappa shape index (κ3) is 8.33. The number of hydrogen-bond acceptors (Lipinski definition) is 4. The van der Waals surface area contributed by atoms with E-state index in [2.05, 4.69) is 5.32 Å². The summed E-state index contributed by atoms with van der Waals surface area (Å²) in [5.41, 5.74) is 3.07. The van der Waals surface area contributed by atoms with Crippen molar-refractivity contribution in [1.29, 1.82) is 0 Å². The molecule has 3 aromatic carbocycles. The smallest absolute Gasteiger partial charge is 0.244 e. The minimum Gasteiger partial charge on any atom is -0.354 e. The Kier molecular flexibility index (Phi) is 10.3. The number of halogens is 1. The third-order valence-electron chi connectivity index (χ3n) is 6.07. The van der Waals surface area contributed by atoms with Crippen molar-refractivity contribution in [1.82, 2.24) is 10.2 Å². The monoisotopic (exact) mass is 555 g/mol. The van der Waals surface area contributed by atoms with E-state index in [0.29, 0.717) is 11.6 Å². The first-order valence-electron chi connectivity index (χ1n) is 12.5. The van der Waals surface area contributed by atoms with Crippen LogP contribution in [-0.4, -0.2) is 50.5 Å². The fourth-order valence-corrected chi connectivity index (χ4v) is 5.08. The number of hydrogen-bond donors (Lipinski definition) is 1. The van der Waals surface area contributed by atoms with E-state index < -0.39 is 28.5 Å². The molecule has 0 aliphatic heterocycles. The molecule has 9 heteroatoms. The first-order chi connectivity index (χ1) is 18.1. The van der Waals surface area contributed by atoms with E-state index in [9.17, 15) is 18.0 Å². The summed E-state index contributed by atoms with van der Waals surface area (Å²) < 4.78 is 26.6. The van der Waals surface area contributed by atoms with Gasteiger partial charge >= 0.3 is 0 Å². The molecule has 0 heterocycles. The number of carbonyl (C=O) groups is 2. The second-order valence-electron chi connectivity index (χ2n) is 9.25. The molecule has 2 amide bonds. The van der Waals surface area contributed by atoms with Crippen LogP contribution < -0.4 is 9.62 Å². The molecule has 1 unspecified atom stereocenters. The van der Waals surface area contributed by atoms with Crippen LogP contribution in [0, 0.1) is 6.92 Å².